The average Bonchev–Trinajstić information content (AvgIpc) is 3.28. The van der Waals surface area contributed by atoms with Crippen molar-refractivity contribution < 1.29 is 9.63 Å². The highest BCUT2D eigenvalue weighted by Crippen LogP contribution is 2.37. The number of aliphatic hydroxyl groups is 1. The van der Waals surface area contributed by atoms with Crippen LogP contribution in [0.15, 0.2) is 53.2 Å². The summed E-state index contributed by atoms with van der Waals surface area (Å²) >= 11 is 1.64. The van der Waals surface area contributed by atoms with Gasteiger partial charge in [0.25, 0.3) is 0 Å². The first kappa shape index (κ1) is 18.3. The topological polar surface area (TPSA) is 84.1 Å². The largest absolute Gasteiger partial charge is 0.389 e. The fourth-order valence-corrected chi connectivity index (χ4v) is 4.13. The molecule has 28 heavy (non-hydrogen) atoms. The van der Waals surface area contributed by atoms with E-state index in [2.05, 4.69) is 26.5 Å². The minimum absolute atomic E-state index is 0.507. The smallest absolute Gasteiger partial charge is 0.227 e. The fourth-order valence-electron chi connectivity index (χ4n) is 3.01. The number of hydrogen-bond donors (Lipinski definition) is 2. The van der Waals surface area contributed by atoms with Gasteiger partial charge >= 0.3 is 0 Å². The monoisotopic (exact) mass is 392 g/mol. The number of nitrogens with zero attached hydrogens (tertiary/aromatic N) is 3. The van der Waals surface area contributed by atoms with Crippen LogP contribution in [0.25, 0.3) is 21.0 Å². The second-order valence-electron chi connectivity index (χ2n) is 6.55. The van der Waals surface area contributed by atoms with Crippen molar-refractivity contribution in [2.45, 2.75) is 26.9 Å². The third kappa shape index (κ3) is 3.67. The lowest BCUT2D eigenvalue weighted by atomic mass is 10.1. The van der Waals surface area contributed by atoms with Gasteiger partial charge in [0.1, 0.15) is 5.76 Å². The molecule has 0 radical (unpaired) electrons. The van der Waals surface area contributed by atoms with Crippen LogP contribution in [0.3, 0.4) is 0 Å². The zero-order valence-electron chi connectivity index (χ0n) is 15.8. The third-order valence-electron chi connectivity index (χ3n) is 4.42. The molecule has 3 aromatic heterocycles. The minimum Gasteiger partial charge on any atom is -0.389 e. The molecular weight excluding hydrogens is 372 g/mol. The Kier molecular flexibility index (Phi) is 4.93. The molecule has 6 nitrogen and oxygen atoms in total. The summed E-state index contributed by atoms with van der Waals surface area (Å²) in [5, 5.41) is 17.0. The van der Waals surface area contributed by atoms with Gasteiger partial charge < -0.3 is 14.9 Å². The first-order valence-electron chi connectivity index (χ1n) is 8.93. The summed E-state index contributed by atoms with van der Waals surface area (Å²) in [5.74, 6) is 1.32. The summed E-state index contributed by atoms with van der Waals surface area (Å²) in [6.45, 7) is 5.60. The number of nitrogens with one attached hydrogen (secondary N) is 1. The van der Waals surface area contributed by atoms with E-state index in [1.165, 1.54) is 0 Å². The summed E-state index contributed by atoms with van der Waals surface area (Å²) < 4.78 is 5.28. The Balaban J connectivity index is 1.60. The van der Waals surface area contributed by atoms with Crippen molar-refractivity contribution in [2.75, 3.05) is 5.32 Å². The molecule has 0 spiro atoms. The predicted octanol–water partition coefficient (Wildman–Crippen LogP) is 5.27. The molecule has 142 valence electrons. The normalized spacial score (nSPS) is 12.1. The first-order chi connectivity index (χ1) is 13.5. The molecule has 4 aromatic rings. The Morgan fingerprint density at radius 3 is 2.68 bits per heavy atom. The van der Waals surface area contributed by atoms with Crippen molar-refractivity contribution in [3.05, 3.63) is 65.7 Å². The Bertz CT molecular complexity index is 1100. The van der Waals surface area contributed by atoms with Crippen LogP contribution < -0.4 is 5.32 Å². The number of aryl methyl sites for hydroxylation is 2. The SMILES string of the molecule is Cc1noc(C)c1-c1ccc(-c2ccnc(Nc3cccc(C(C)O)c3)n2)s1. The highest BCUT2D eigenvalue weighted by Gasteiger charge is 2.15. The van der Waals surface area contributed by atoms with Gasteiger partial charge in [0.2, 0.25) is 5.95 Å². The van der Waals surface area contributed by atoms with Crippen LogP contribution in [-0.4, -0.2) is 20.2 Å². The molecule has 0 bridgehead atoms. The summed E-state index contributed by atoms with van der Waals surface area (Å²) in [6.07, 6.45) is 1.21. The van der Waals surface area contributed by atoms with Gasteiger partial charge in [-0.25, -0.2) is 9.97 Å². The van der Waals surface area contributed by atoms with Gasteiger partial charge in [0.05, 0.1) is 27.9 Å². The molecule has 2 N–H and O–H groups in total. The van der Waals surface area contributed by atoms with E-state index in [0.29, 0.717) is 5.95 Å². The molecule has 7 heteroatoms. The number of benzene rings is 1. The maximum atomic E-state index is 9.76. The van der Waals surface area contributed by atoms with Crippen molar-refractivity contribution >= 4 is 23.0 Å². The summed E-state index contributed by atoms with van der Waals surface area (Å²) in [6, 6.07) is 13.6. The standard InChI is InChI=1S/C21H20N4O2S/c1-12-20(14(3)27-25-12)19-8-7-18(28-19)17-9-10-22-21(24-17)23-16-6-4-5-15(11-16)13(2)26/h4-11,13,26H,1-3H3,(H,22,23,24). The summed E-state index contributed by atoms with van der Waals surface area (Å²) in [5.41, 5.74) is 4.43. The fraction of sp³-hybridized carbons (Fsp3) is 0.190. The second kappa shape index (κ2) is 7.53. The van der Waals surface area contributed by atoms with E-state index < -0.39 is 6.10 Å². The van der Waals surface area contributed by atoms with Crippen LogP contribution in [0.5, 0.6) is 0 Å². The number of rotatable bonds is 5. The lowest BCUT2D eigenvalue weighted by Gasteiger charge is -2.09. The van der Waals surface area contributed by atoms with Gasteiger partial charge in [-0.3, -0.25) is 0 Å². The van der Waals surface area contributed by atoms with Gasteiger partial charge in [-0.1, -0.05) is 17.3 Å². The maximum absolute atomic E-state index is 9.76. The molecule has 3 heterocycles. The molecule has 0 saturated carbocycles. The number of thiophene rings is 1. The molecule has 0 saturated heterocycles. The number of anilines is 2. The van der Waals surface area contributed by atoms with Crippen LogP contribution in [0.2, 0.25) is 0 Å². The second-order valence-corrected chi connectivity index (χ2v) is 7.64. The maximum Gasteiger partial charge on any atom is 0.227 e. The highest BCUT2D eigenvalue weighted by atomic mass is 32.1. The van der Waals surface area contributed by atoms with E-state index >= 15 is 0 Å². The molecule has 0 aliphatic heterocycles. The number of hydrogen-bond acceptors (Lipinski definition) is 7. The van der Waals surface area contributed by atoms with Crippen molar-refractivity contribution in [1.82, 2.24) is 15.1 Å². The molecule has 1 aromatic carbocycles. The number of aromatic nitrogens is 3. The van der Waals surface area contributed by atoms with Gasteiger partial charge in [-0.2, -0.15) is 0 Å². The predicted molar refractivity (Wildman–Crippen MR) is 111 cm³/mol. The molecular formula is C21H20N4O2S. The van der Waals surface area contributed by atoms with Crippen LogP contribution in [0.4, 0.5) is 11.6 Å². The third-order valence-corrected chi connectivity index (χ3v) is 5.54. The van der Waals surface area contributed by atoms with E-state index in [9.17, 15) is 5.11 Å². The van der Waals surface area contributed by atoms with E-state index in [0.717, 1.165) is 43.7 Å². The van der Waals surface area contributed by atoms with Gasteiger partial charge in [0.15, 0.2) is 0 Å². The lowest BCUT2D eigenvalue weighted by molar-refractivity contribution is 0.199. The zero-order chi connectivity index (χ0) is 19.7. The van der Waals surface area contributed by atoms with Crippen LogP contribution >= 0.6 is 11.3 Å². The Hall–Kier alpha value is -3.03. The summed E-state index contributed by atoms with van der Waals surface area (Å²) in [7, 11) is 0. The number of aliphatic hydroxyl groups excluding tert-OH is 1. The van der Waals surface area contributed by atoms with Crippen molar-refractivity contribution in [3.8, 4) is 21.0 Å². The van der Waals surface area contributed by atoms with Crippen molar-refractivity contribution in [2.24, 2.45) is 0 Å². The van der Waals surface area contributed by atoms with Crippen LogP contribution in [0, 0.1) is 13.8 Å². The van der Waals surface area contributed by atoms with E-state index in [4.69, 9.17) is 4.52 Å². The molecule has 1 unspecified atom stereocenters. The molecule has 0 fully saturated rings. The van der Waals surface area contributed by atoms with Crippen LogP contribution in [-0.2, 0) is 0 Å². The Morgan fingerprint density at radius 2 is 1.93 bits per heavy atom. The van der Waals surface area contributed by atoms with Gasteiger partial charge in [0, 0.05) is 16.8 Å². The highest BCUT2D eigenvalue weighted by molar-refractivity contribution is 7.18. The first-order valence-corrected chi connectivity index (χ1v) is 9.74. The van der Waals surface area contributed by atoms with Crippen molar-refractivity contribution in [3.63, 3.8) is 0 Å². The molecule has 4 rings (SSSR count). The molecule has 1 atom stereocenters. The van der Waals surface area contributed by atoms with E-state index in [1.807, 2.05) is 50.2 Å². The lowest BCUT2D eigenvalue weighted by Crippen LogP contribution is -1.99. The Labute approximate surface area is 166 Å². The molecule has 0 aliphatic rings. The van der Waals surface area contributed by atoms with E-state index in [1.54, 1.807) is 24.5 Å². The quantitative estimate of drug-likeness (QED) is 0.481. The zero-order valence-corrected chi connectivity index (χ0v) is 16.6. The average molecular weight is 392 g/mol. The minimum atomic E-state index is -0.525. The van der Waals surface area contributed by atoms with Crippen molar-refractivity contribution in [1.29, 1.82) is 0 Å². The van der Waals surface area contributed by atoms with Crippen LogP contribution in [0.1, 0.15) is 30.0 Å². The Morgan fingerprint density at radius 1 is 1.11 bits per heavy atom. The molecule has 0 amide bonds. The van der Waals surface area contributed by atoms with Gasteiger partial charge in [-0.05, 0) is 56.7 Å². The summed E-state index contributed by atoms with van der Waals surface area (Å²) in [4.78, 5) is 11.1. The molecule has 0 aliphatic carbocycles. The van der Waals surface area contributed by atoms with E-state index in [-0.39, 0.29) is 0 Å². The van der Waals surface area contributed by atoms with Gasteiger partial charge in [-0.15, -0.1) is 11.3 Å².